The van der Waals surface area contributed by atoms with Gasteiger partial charge in [-0.15, -0.1) is 0 Å². The minimum absolute atomic E-state index is 0.229. The Morgan fingerprint density at radius 1 is 1.29 bits per heavy atom. The van der Waals surface area contributed by atoms with Crippen LogP contribution in [0.4, 0.5) is 0 Å². The molecule has 1 atom stereocenters. The molecule has 2 nitrogen and oxygen atoms in total. The van der Waals surface area contributed by atoms with Gasteiger partial charge in [0.15, 0.2) is 0 Å². The molecule has 0 radical (unpaired) electrons. The molecule has 0 fully saturated rings. The Hall–Kier alpha value is 0.610. The molecule has 0 aromatic carbocycles. The van der Waals surface area contributed by atoms with Crippen molar-refractivity contribution in [2.75, 3.05) is 13.3 Å². The van der Waals surface area contributed by atoms with Crippen LogP contribution < -0.4 is 0 Å². The molecule has 0 bridgehead atoms. The van der Waals surface area contributed by atoms with Gasteiger partial charge in [0.05, 0.1) is 0 Å². The fourth-order valence-corrected chi connectivity index (χ4v) is 16.7. The van der Waals surface area contributed by atoms with Crippen LogP contribution in [-0.2, 0) is 4.52 Å². The zero-order valence-corrected chi connectivity index (χ0v) is 12.8. The predicted octanol–water partition coefficient (Wildman–Crippen LogP) is 4.18. The fraction of sp³-hybridized carbons (Fsp3) is 0.900. The molecule has 0 spiro atoms. The van der Waals surface area contributed by atoms with Crippen molar-refractivity contribution in [1.82, 2.24) is 0 Å². The summed E-state index contributed by atoms with van der Waals surface area (Å²) in [6.07, 6.45) is 0.535. The van der Waals surface area contributed by atoms with E-state index in [4.69, 9.17) is 9.79 Å². The zero-order chi connectivity index (χ0) is 11.1. The average Bonchev–Trinajstić information content (AvgIpc) is 2.03. The molecule has 14 heavy (non-hydrogen) atoms. The second-order valence-corrected chi connectivity index (χ2v) is 18.1. The van der Waals surface area contributed by atoms with E-state index < -0.39 is 19.3 Å². The van der Waals surface area contributed by atoms with E-state index in [1.165, 1.54) is 0 Å². The molecule has 0 heterocycles. The van der Waals surface area contributed by atoms with E-state index in [1.807, 2.05) is 0 Å². The van der Waals surface area contributed by atoms with Gasteiger partial charge in [0.1, 0.15) is 0 Å². The summed E-state index contributed by atoms with van der Waals surface area (Å²) in [6.45, 7) is 12.1. The van der Waals surface area contributed by atoms with Crippen LogP contribution in [0.1, 0.15) is 34.1 Å². The monoisotopic (exact) mass is 329 g/mol. The molecule has 0 aromatic rings. The van der Waals surface area contributed by atoms with Crippen LogP contribution in [0.15, 0.2) is 0 Å². The number of nitriles is 1. The topological polar surface area (TPSA) is 33.0 Å². The molecular weight excluding hydrogens is 308 g/mol. The molecular formula is C10H21INOP. The van der Waals surface area contributed by atoms with Crippen molar-refractivity contribution in [3.63, 3.8) is 0 Å². The first-order chi connectivity index (χ1) is 6.50. The second-order valence-electron chi connectivity index (χ2n) is 3.51. The minimum atomic E-state index is -0.967. The standard InChI is InChI=1S/C10H21INOP/c1-9(2)11(10(3)4)14(5)13-8-6-7-12/h9-10H,6,8H2,1-5H3. The van der Waals surface area contributed by atoms with Crippen molar-refractivity contribution in [2.24, 2.45) is 0 Å². The van der Waals surface area contributed by atoms with Crippen molar-refractivity contribution in [3.05, 3.63) is 0 Å². The summed E-state index contributed by atoms with van der Waals surface area (Å²) in [6, 6.07) is 2.12. The van der Waals surface area contributed by atoms with Crippen LogP contribution in [-0.4, -0.2) is 21.1 Å². The van der Waals surface area contributed by atoms with Crippen molar-refractivity contribution in [1.29, 1.82) is 5.26 Å². The van der Waals surface area contributed by atoms with E-state index >= 15 is 0 Å². The summed E-state index contributed by atoms with van der Waals surface area (Å²) in [4.78, 5) is 0. The zero-order valence-electron chi connectivity index (χ0n) is 9.75. The van der Waals surface area contributed by atoms with Gasteiger partial charge in [-0.2, -0.15) is 0 Å². The molecule has 4 heteroatoms. The maximum atomic E-state index is 8.43. The first-order valence-corrected chi connectivity index (χ1v) is 11.9. The fourth-order valence-electron chi connectivity index (χ4n) is 1.33. The van der Waals surface area contributed by atoms with Crippen LogP contribution in [0.25, 0.3) is 0 Å². The molecule has 0 rings (SSSR count). The van der Waals surface area contributed by atoms with Gasteiger partial charge >= 0.3 is 96.2 Å². The summed E-state index contributed by atoms with van der Waals surface area (Å²) < 4.78 is 7.41. The Labute approximate surface area is 96.0 Å². The van der Waals surface area contributed by atoms with Gasteiger partial charge in [-0.1, -0.05) is 0 Å². The van der Waals surface area contributed by atoms with E-state index in [2.05, 4.69) is 40.4 Å². The molecule has 0 saturated heterocycles. The Morgan fingerprint density at radius 3 is 2.14 bits per heavy atom. The average molecular weight is 329 g/mol. The number of halogens is 1. The maximum absolute atomic E-state index is 8.43. The van der Waals surface area contributed by atoms with Crippen LogP contribution in [0.5, 0.6) is 0 Å². The number of rotatable bonds is 6. The van der Waals surface area contributed by atoms with Crippen LogP contribution >= 0.6 is 25.1 Å². The third-order valence-electron chi connectivity index (χ3n) is 1.65. The first kappa shape index (κ1) is 14.6. The SMILES string of the molecule is CC(C)I(C(C)C)P(C)OCCC#N. The van der Waals surface area contributed by atoms with Gasteiger partial charge in [0.2, 0.25) is 0 Å². The molecule has 0 aliphatic heterocycles. The quantitative estimate of drug-likeness (QED) is 0.317. The van der Waals surface area contributed by atoms with Gasteiger partial charge in [0, 0.05) is 0 Å². The third-order valence-corrected chi connectivity index (χ3v) is 18.6. The Morgan fingerprint density at radius 2 is 1.79 bits per heavy atom. The number of hydrogen-bond acceptors (Lipinski definition) is 2. The molecule has 0 amide bonds. The van der Waals surface area contributed by atoms with Crippen molar-refractivity contribution in [2.45, 2.75) is 42.0 Å². The van der Waals surface area contributed by atoms with Crippen LogP contribution in [0, 0.1) is 11.3 Å². The summed E-state index contributed by atoms with van der Waals surface area (Å²) in [7, 11) is 0. The van der Waals surface area contributed by atoms with E-state index in [0.29, 0.717) is 13.0 Å². The predicted molar refractivity (Wildman–Crippen MR) is 73.3 cm³/mol. The van der Waals surface area contributed by atoms with Crippen molar-refractivity contribution < 1.29 is 4.52 Å². The van der Waals surface area contributed by atoms with E-state index in [0.717, 1.165) is 7.85 Å². The summed E-state index contributed by atoms with van der Waals surface area (Å²) in [5.74, 6) is -0.229. The third kappa shape index (κ3) is 5.48. The van der Waals surface area contributed by atoms with Crippen molar-refractivity contribution in [3.8, 4) is 6.07 Å². The number of hydrogen-bond donors (Lipinski definition) is 0. The van der Waals surface area contributed by atoms with Crippen molar-refractivity contribution >= 4 is 25.1 Å². The molecule has 0 aliphatic rings. The van der Waals surface area contributed by atoms with Gasteiger partial charge in [-0.25, -0.2) is 0 Å². The summed E-state index contributed by atoms with van der Waals surface area (Å²) in [5.41, 5.74) is 0. The summed E-state index contributed by atoms with van der Waals surface area (Å²) >= 11 is -0.967. The van der Waals surface area contributed by atoms with E-state index in [1.54, 1.807) is 0 Å². The Bertz CT molecular complexity index is 183. The van der Waals surface area contributed by atoms with Crippen LogP contribution in [0.2, 0.25) is 0 Å². The second kappa shape index (κ2) is 7.84. The molecule has 84 valence electrons. The van der Waals surface area contributed by atoms with Crippen LogP contribution in [0.3, 0.4) is 0 Å². The summed E-state index contributed by atoms with van der Waals surface area (Å²) in [5, 5.41) is 8.43. The molecule has 0 aromatic heterocycles. The van der Waals surface area contributed by atoms with E-state index in [-0.39, 0.29) is 5.79 Å². The Kier molecular flexibility index (Phi) is 8.19. The molecule has 0 N–H and O–H groups in total. The Balaban J connectivity index is 4.03. The van der Waals surface area contributed by atoms with Gasteiger partial charge in [-0.05, 0) is 0 Å². The molecule has 0 aliphatic carbocycles. The van der Waals surface area contributed by atoms with Gasteiger partial charge in [0.25, 0.3) is 0 Å². The van der Waals surface area contributed by atoms with E-state index in [9.17, 15) is 0 Å². The molecule has 0 saturated carbocycles. The molecule has 1 unspecified atom stereocenters. The number of alkyl halides is 2. The van der Waals surface area contributed by atoms with Gasteiger partial charge < -0.3 is 0 Å². The number of nitrogens with zero attached hydrogens (tertiary/aromatic N) is 1. The van der Waals surface area contributed by atoms with Gasteiger partial charge in [-0.3, -0.25) is 0 Å². The first-order valence-electron chi connectivity index (χ1n) is 4.91. The normalized spacial score (nSPS) is 14.3.